The van der Waals surface area contributed by atoms with Crippen molar-refractivity contribution >= 4 is 28.6 Å². The Labute approximate surface area is 177 Å². The van der Waals surface area contributed by atoms with Crippen molar-refractivity contribution in [1.82, 2.24) is 0 Å². The first-order chi connectivity index (χ1) is 13.7. The fourth-order valence-electron chi connectivity index (χ4n) is 8.13. The molecule has 29 heavy (non-hydrogen) atoms. The summed E-state index contributed by atoms with van der Waals surface area (Å²) in [6, 6.07) is 0. The standard InChI is InChI=1S/C24H32O4S/c1-14(25)29-19-13-15-12-16(26)4-8-22(15,2)17-5-9-23(3)18(21(17)19)6-10-24(23)11-7-20(27)28-24/h12,17-19,21H,4-11,13H2,1-3H3/t17?,18?,19-,21?,22?,23?,24+/m1/s1. The molecule has 0 bridgehead atoms. The maximum absolute atomic E-state index is 12.2. The van der Waals surface area contributed by atoms with Crippen LogP contribution in [0.3, 0.4) is 0 Å². The average Bonchev–Trinajstić information content (AvgIpc) is 3.17. The lowest BCUT2D eigenvalue weighted by molar-refractivity contribution is -0.167. The molecule has 0 aromatic carbocycles. The van der Waals surface area contributed by atoms with Gasteiger partial charge in [-0.05, 0) is 74.2 Å². The van der Waals surface area contributed by atoms with Crippen LogP contribution in [0.4, 0.5) is 0 Å². The van der Waals surface area contributed by atoms with Crippen molar-refractivity contribution in [2.75, 3.05) is 0 Å². The maximum Gasteiger partial charge on any atom is 0.306 e. The van der Waals surface area contributed by atoms with E-state index in [2.05, 4.69) is 13.8 Å². The first-order valence-corrected chi connectivity index (χ1v) is 12.2. The fraction of sp³-hybridized carbons (Fsp3) is 0.792. The highest BCUT2D eigenvalue weighted by Gasteiger charge is 2.68. The monoisotopic (exact) mass is 416 g/mol. The molecule has 1 spiro atoms. The molecule has 4 aliphatic carbocycles. The lowest BCUT2D eigenvalue weighted by Gasteiger charge is -2.61. The van der Waals surface area contributed by atoms with Gasteiger partial charge in [0.1, 0.15) is 5.60 Å². The topological polar surface area (TPSA) is 60.4 Å². The second-order valence-corrected chi connectivity index (χ2v) is 12.1. The van der Waals surface area contributed by atoms with Crippen molar-refractivity contribution in [1.29, 1.82) is 0 Å². The van der Waals surface area contributed by atoms with Crippen LogP contribution in [-0.2, 0) is 19.1 Å². The molecule has 5 unspecified atom stereocenters. The number of carbonyl (C=O) groups excluding carboxylic acids is 3. The van der Waals surface area contributed by atoms with Gasteiger partial charge < -0.3 is 4.74 Å². The molecule has 0 aromatic rings. The van der Waals surface area contributed by atoms with Crippen LogP contribution >= 0.6 is 11.8 Å². The lowest BCUT2D eigenvalue weighted by Crippen LogP contribution is -2.57. The molecule has 5 rings (SSSR count). The summed E-state index contributed by atoms with van der Waals surface area (Å²) in [5.41, 5.74) is 1.09. The molecule has 1 heterocycles. The number of carbonyl (C=O) groups is 3. The quantitative estimate of drug-likeness (QED) is 0.572. The second kappa shape index (κ2) is 6.45. The van der Waals surface area contributed by atoms with Gasteiger partial charge in [-0.25, -0.2) is 0 Å². The summed E-state index contributed by atoms with van der Waals surface area (Å²) in [5, 5.41) is 0.409. The Kier molecular flexibility index (Phi) is 4.41. The van der Waals surface area contributed by atoms with E-state index in [4.69, 9.17) is 4.74 Å². The number of allylic oxidation sites excluding steroid dienone is 1. The van der Waals surface area contributed by atoms with Gasteiger partial charge in [0.25, 0.3) is 0 Å². The van der Waals surface area contributed by atoms with Crippen molar-refractivity contribution in [3.8, 4) is 0 Å². The van der Waals surface area contributed by atoms with Crippen LogP contribution in [0.2, 0.25) is 0 Å². The zero-order valence-electron chi connectivity index (χ0n) is 17.8. The summed E-state index contributed by atoms with van der Waals surface area (Å²) in [6.45, 7) is 6.42. The molecule has 7 atom stereocenters. The van der Waals surface area contributed by atoms with Gasteiger partial charge in [0.05, 0.1) is 0 Å². The first kappa shape index (κ1) is 19.8. The molecular weight excluding hydrogens is 384 g/mol. The van der Waals surface area contributed by atoms with E-state index in [9.17, 15) is 14.4 Å². The second-order valence-electron chi connectivity index (χ2n) is 10.7. The minimum Gasteiger partial charge on any atom is -0.458 e. The summed E-state index contributed by atoms with van der Waals surface area (Å²) < 4.78 is 6.06. The van der Waals surface area contributed by atoms with E-state index >= 15 is 0 Å². The molecule has 4 nitrogen and oxygen atoms in total. The smallest absolute Gasteiger partial charge is 0.306 e. The highest BCUT2D eigenvalue weighted by atomic mass is 32.2. The van der Waals surface area contributed by atoms with Crippen LogP contribution < -0.4 is 0 Å². The number of esters is 1. The lowest BCUT2D eigenvalue weighted by atomic mass is 9.46. The highest BCUT2D eigenvalue weighted by Crippen LogP contribution is 2.70. The molecule has 0 aromatic heterocycles. The van der Waals surface area contributed by atoms with Gasteiger partial charge in [0.2, 0.25) is 0 Å². The molecule has 0 radical (unpaired) electrons. The van der Waals surface area contributed by atoms with E-state index in [1.807, 2.05) is 6.08 Å². The van der Waals surface area contributed by atoms with Gasteiger partial charge in [0.15, 0.2) is 10.9 Å². The van der Waals surface area contributed by atoms with Crippen LogP contribution in [0.1, 0.15) is 78.6 Å². The van der Waals surface area contributed by atoms with E-state index in [0.717, 1.165) is 44.9 Å². The normalized spacial score (nSPS) is 48.6. The summed E-state index contributed by atoms with van der Waals surface area (Å²) in [7, 11) is 0. The van der Waals surface area contributed by atoms with Crippen molar-refractivity contribution in [3.63, 3.8) is 0 Å². The Hall–Kier alpha value is -1.10. The zero-order valence-corrected chi connectivity index (χ0v) is 18.6. The van der Waals surface area contributed by atoms with Crippen LogP contribution in [0.25, 0.3) is 0 Å². The average molecular weight is 417 g/mol. The number of rotatable bonds is 1. The van der Waals surface area contributed by atoms with Crippen molar-refractivity contribution in [2.24, 2.45) is 28.6 Å². The number of ether oxygens (including phenoxy) is 1. The van der Waals surface area contributed by atoms with Gasteiger partial charge in [-0.15, -0.1) is 0 Å². The van der Waals surface area contributed by atoms with E-state index in [0.29, 0.717) is 30.6 Å². The molecule has 1 saturated heterocycles. The maximum atomic E-state index is 12.2. The van der Waals surface area contributed by atoms with E-state index in [-0.39, 0.29) is 38.5 Å². The Balaban J connectivity index is 1.56. The summed E-state index contributed by atoms with van der Waals surface area (Å²) in [4.78, 5) is 36.4. The molecule has 0 N–H and O–H groups in total. The third-order valence-electron chi connectivity index (χ3n) is 9.61. The number of thioether (sulfide) groups is 1. The highest BCUT2D eigenvalue weighted by molar-refractivity contribution is 8.14. The van der Waals surface area contributed by atoms with Crippen LogP contribution in [0, 0.1) is 28.6 Å². The van der Waals surface area contributed by atoms with E-state index < -0.39 is 0 Å². The summed E-state index contributed by atoms with van der Waals surface area (Å²) in [5.74, 6) is 1.67. The third kappa shape index (κ3) is 2.68. The van der Waals surface area contributed by atoms with Gasteiger partial charge in [0, 0.05) is 30.4 Å². The minimum atomic E-state index is -0.287. The number of hydrogen-bond acceptors (Lipinski definition) is 5. The SMILES string of the molecule is CC(=O)S[C@@H]1CC2=CC(=O)CCC2(C)C2CCC3(C)C(CC[C@]34CCC(=O)O4)C21. The fourth-order valence-corrected chi connectivity index (χ4v) is 9.36. The predicted octanol–water partition coefficient (Wildman–Crippen LogP) is 4.85. The van der Waals surface area contributed by atoms with Crippen molar-refractivity contribution in [2.45, 2.75) is 89.4 Å². The Bertz CT molecular complexity index is 818. The Morgan fingerprint density at radius 2 is 1.83 bits per heavy atom. The molecule has 3 saturated carbocycles. The van der Waals surface area contributed by atoms with Gasteiger partial charge >= 0.3 is 5.97 Å². The number of fused-ring (bicyclic) bond motifs is 6. The summed E-state index contributed by atoms with van der Waals surface area (Å²) >= 11 is 1.50. The third-order valence-corrected chi connectivity index (χ3v) is 10.7. The molecule has 4 fully saturated rings. The summed E-state index contributed by atoms with van der Waals surface area (Å²) in [6.07, 6.45) is 10.0. The Morgan fingerprint density at radius 3 is 2.52 bits per heavy atom. The van der Waals surface area contributed by atoms with Gasteiger partial charge in [-0.3, -0.25) is 14.4 Å². The molecule has 0 amide bonds. The molecule has 1 aliphatic heterocycles. The molecular formula is C24H32O4S. The predicted molar refractivity (Wildman–Crippen MR) is 112 cm³/mol. The Morgan fingerprint density at radius 1 is 1.07 bits per heavy atom. The van der Waals surface area contributed by atoms with Crippen LogP contribution in [0.5, 0.6) is 0 Å². The first-order valence-electron chi connectivity index (χ1n) is 11.3. The van der Waals surface area contributed by atoms with E-state index in [1.165, 1.54) is 17.3 Å². The van der Waals surface area contributed by atoms with Gasteiger partial charge in [-0.2, -0.15) is 0 Å². The van der Waals surface area contributed by atoms with Crippen LogP contribution in [0.15, 0.2) is 11.6 Å². The van der Waals surface area contributed by atoms with Crippen molar-refractivity contribution < 1.29 is 19.1 Å². The van der Waals surface area contributed by atoms with E-state index in [1.54, 1.807) is 6.92 Å². The molecule has 5 aliphatic rings. The number of hydrogen-bond donors (Lipinski definition) is 0. The van der Waals surface area contributed by atoms with Crippen molar-refractivity contribution in [3.05, 3.63) is 11.6 Å². The molecule has 158 valence electrons. The largest absolute Gasteiger partial charge is 0.458 e. The van der Waals surface area contributed by atoms with Crippen LogP contribution in [-0.4, -0.2) is 27.7 Å². The number of ketones is 1. The molecule has 5 heteroatoms. The van der Waals surface area contributed by atoms with Gasteiger partial charge in [-0.1, -0.05) is 31.2 Å². The zero-order chi connectivity index (χ0) is 20.6. The minimum absolute atomic E-state index is 0.0119.